The molecule has 0 aliphatic carbocycles. The Kier molecular flexibility index (Phi) is 4.52. The molecule has 1 heterocycles. The van der Waals surface area contributed by atoms with Crippen molar-refractivity contribution in [3.63, 3.8) is 0 Å². The lowest BCUT2D eigenvalue weighted by molar-refractivity contribution is 0.109. The molecule has 0 unspecified atom stereocenters. The van der Waals surface area contributed by atoms with Crippen LogP contribution < -0.4 is 0 Å². The highest BCUT2D eigenvalue weighted by molar-refractivity contribution is 5.98. The van der Waals surface area contributed by atoms with Crippen LogP contribution in [0.25, 0.3) is 11.3 Å². The van der Waals surface area contributed by atoms with E-state index in [0.717, 1.165) is 22.5 Å². The van der Waals surface area contributed by atoms with Crippen LogP contribution in [0.5, 0.6) is 0 Å². The molecule has 3 aromatic rings. The Bertz CT molecular complexity index is 790. The van der Waals surface area contributed by atoms with Crippen LogP contribution in [0.2, 0.25) is 0 Å². The van der Waals surface area contributed by atoms with Crippen LogP contribution in [0.1, 0.15) is 23.8 Å². The molecule has 4 nitrogen and oxygen atoms in total. The van der Waals surface area contributed by atoms with Crippen LogP contribution in [0.4, 0.5) is 0 Å². The molecule has 23 heavy (non-hydrogen) atoms. The third-order valence-corrected chi connectivity index (χ3v) is 3.51. The van der Waals surface area contributed by atoms with E-state index in [1.165, 1.54) is 5.56 Å². The highest BCUT2D eigenvalue weighted by atomic mass is 16.6. The van der Waals surface area contributed by atoms with Crippen LogP contribution in [0.3, 0.4) is 0 Å². The van der Waals surface area contributed by atoms with Gasteiger partial charge in [-0.05, 0) is 19.4 Å². The van der Waals surface area contributed by atoms with Gasteiger partial charge < -0.3 is 9.36 Å². The van der Waals surface area contributed by atoms with Gasteiger partial charge in [0.1, 0.15) is 5.69 Å². The van der Waals surface area contributed by atoms with Crippen molar-refractivity contribution < 1.29 is 9.36 Å². The molecule has 0 radical (unpaired) electrons. The molecule has 116 valence electrons. The van der Waals surface area contributed by atoms with E-state index in [2.05, 4.69) is 17.2 Å². The minimum Gasteiger partial charge on any atom is -0.387 e. The molecule has 0 saturated carbocycles. The van der Waals surface area contributed by atoms with E-state index in [-0.39, 0.29) is 6.61 Å². The molecule has 0 amide bonds. The third kappa shape index (κ3) is 3.86. The number of nitrogens with zero attached hydrogens (tertiary/aromatic N) is 2. The standard InChI is InChI=1S/C19H18N2O2/c1-14-8-10-17(11-9-14)19-12-18(23-21-19)13-22-20-15(2)16-6-4-3-5-7-16/h3-12H,13H2,1-2H3/b20-15+. The van der Waals surface area contributed by atoms with Gasteiger partial charge in [-0.15, -0.1) is 0 Å². The smallest absolute Gasteiger partial charge is 0.177 e. The molecule has 4 heteroatoms. The van der Waals surface area contributed by atoms with Gasteiger partial charge in [0, 0.05) is 11.6 Å². The topological polar surface area (TPSA) is 47.6 Å². The number of hydrogen-bond donors (Lipinski definition) is 0. The predicted octanol–water partition coefficient (Wildman–Crippen LogP) is 4.59. The third-order valence-electron chi connectivity index (χ3n) is 3.51. The van der Waals surface area contributed by atoms with Crippen molar-refractivity contribution >= 4 is 5.71 Å². The van der Waals surface area contributed by atoms with Crippen molar-refractivity contribution in [3.8, 4) is 11.3 Å². The van der Waals surface area contributed by atoms with Crippen molar-refractivity contribution in [3.05, 3.63) is 77.6 Å². The molecule has 0 fully saturated rings. The summed E-state index contributed by atoms with van der Waals surface area (Å²) in [4.78, 5) is 5.36. The quantitative estimate of drug-likeness (QED) is 0.511. The van der Waals surface area contributed by atoms with Crippen LogP contribution in [-0.4, -0.2) is 10.9 Å². The van der Waals surface area contributed by atoms with Crippen molar-refractivity contribution in [2.75, 3.05) is 0 Å². The first kappa shape index (κ1) is 15.0. The molecule has 1 aromatic heterocycles. The van der Waals surface area contributed by atoms with Crippen LogP contribution >= 0.6 is 0 Å². The Morgan fingerprint density at radius 2 is 1.83 bits per heavy atom. The van der Waals surface area contributed by atoms with Crippen molar-refractivity contribution in [1.82, 2.24) is 5.16 Å². The molecule has 0 atom stereocenters. The SMILES string of the molecule is C/C(=N\OCc1cc(-c2ccc(C)cc2)no1)c1ccccc1. The maximum Gasteiger partial charge on any atom is 0.177 e. The number of aryl methyl sites for hydroxylation is 1. The number of oxime groups is 1. The molecule has 3 rings (SSSR count). The second-order valence-electron chi connectivity index (χ2n) is 5.36. The monoisotopic (exact) mass is 306 g/mol. The number of rotatable bonds is 5. The van der Waals surface area contributed by atoms with Crippen molar-refractivity contribution in [1.29, 1.82) is 0 Å². The van der Waals surface area contributed by atoms with Crippen molar-refractivity contribution in [2.45, 2.75) is 20.5 Å². The lowest BCUT2D eigenvalue weighted by atomic mass is 10.1. The molecule has 0 aliphatic heterocycles. The molecule has 0 spiro atoms. The van der Waals surface area contributed by atoms with Gasteiger partial charge in [-0.1, -0.05) is 70.5 Å². The Balaban J connectivity index is 1.62. The zero-order valence-electron chi connectivity index (χ0n) is 13.2. The van der Waals surface area contributed by atoms with Crippen LogP contribution in [-0.2, 0) is 11.4 Å². The summed E-state index contributed by atoms with van der Waals surface area (Å²) in [6, 6.07) is 19.9. The van der Waals surface area contributed by atoms with Gasteiger partial charge in [0.15, 0.2) is 12.4 Å². The maximum absolute atomic E-state index is 5.36. The molecule has 0 saturated heterocycles. The van der Waals surface area contributed by atoms with E-state index in [1.54, 1.807) is 0 Å². The van der Waals surface area contributed by atoms with E-state index in [4.69, 9.17) is 9.36 Å². The first-order valence-electron chi connectivity index (χ1n) is 7.47. The van der Waals surface area contributed by atoms with E-state index >= 15 is 0 Å². The number of benzene rings is 2. The summed E-state index contributed by atoms with van der Waals surface area (Å²) in [6.07, 6.45) is 0. The zero-order valence-corrected chi connectivity index (χ0v) is 13.2. The zero-order chi connectivity index (χ0) is 16.1. The number of aromatic nitrogens is 1. The summed E-state index contributed by atoms with van der Waals surface area (Å²) in [6.45, 7) is 4.22. The van der Waals surface area contributed by atoms with E-state index < -0.39 is 0 Å². The van der Waals surface area contributed by atoms with Crippen LogP contribution in [0.15, 0.2) is 70.3 Å². The van der Waals surface area contributed by atoms with E-state index in [0.29, 0.717) is 5.76 Å². The average molecular weight is 306 g/mol. The highest BCUT2D eigenvalue weighted by Crippen LogP contribution is 2.20. The van der Waals surface area contributed by atoms with Gasteiger partial charge in [-0.3, -0.25) is 0 Å². The number of hydrogen-bond acceptors (Lipinski definition) is 4. The maximum atomic E-state index is 5.36. The van der Waals surface area contributed by atoms with E-state index in [1.807, 2.05) is 67.6 Å². The Morgan fingerprint density at radius 3 is 2.57 bits per heavy atom. The molecular formula is C19H18N2O2. The second-order valence-corrected chi connectivity index (χ2v) is 5.36. The minimum absolute atomic E-state index is 0.253. The molecule has 0 bridgehead atoms. The average Bonchev–Trinajstić information content (AvgIpc) is 3.05. The fraction of sp³-hybridized carbons (Fsp3) is 0.158. The molecule has 0 aliphatic rings. The summed E-state index contributed by atoms with van der Waals surface area (Å²) in [5, 5.41) is 8.18. The molecular weight excluding hydrogens is 288 g/mol. The van der Waals surface area contributed by atoms with Gasteiger partial charge in [-0.2, -0.15) is 0 Å². The van der Waals surface area contributed by atoms with Gasteiger partial charge in [0.25, 0.3) is 0 Å². The normalized spacial score (nSPS) is 11.5. The predicted molar refractivity (Wildman–Crippen MR) is 90.1 cm³/mol. The Hall–Kier alpha value is -2.88. The van der Waals surface area contributed by atoms with Crippen LogP contribution in [0, 0.1) is 6.92 Å². The van der Waals surface area contributed by atoms with Gasteiger partial charge in [0.05, 0.1) is 5.71 Å². The summed E-state index contributed by atoms with van der Waals surface area (Å²) in [7, 11) is 0. The van der Waals surface area contributed by atoms with Crippen molar-refractivity contribution in [2.24, 2.45) is 5.16 Å². The first-order valence-corrected chi connectivity index (χ1v) is 7.47. The fourth-order valence-corrected chi connectivity index (χ4v) is 2.17. The highest BCUT2D eigenvalue weighted by Gasteiger charge is 2.07. The Labute approximate surface area is 135 Å². The molecule has 2 aromatic carbocycles. The summed E-state index contributed by atoms with van der Waals surface area (Å²) in [5.41, 5.74) is 4.89. The van der Waals surface area contributed by atoms with Gasteiger partial charge in [0.2, 0.25) is 0 Å². The summed E-state index contributed by atoms with van der Waals surface area (Å²) >= 11 is 0. The first-order chi connectivity index (χ1) is 11.2. The molecule has 0 N–H and O–H groups in total. The largest absolute Gasteiger partial charge is 0.387 e. The van der Waals surface area contributed by atoms with E-state index in [9.17, 15) is 0 Å². The second kappa shape index (κ2) is 6.92. The summed E-state index contributed by atoms with van der Waals surface area (Å²) < 4.78 is 5.29. The minimum atomic E-state index is 0.253. The fourth-order valence-electron chi connectivity index (χ4n) is 2.17. The lowest BCUT2D eigenvalue weighted by Crippen LogP contribution is -1.95. The summed E-state index contributed by atoms with van der Waals surface area (Å²) in [5.74, 6) is 0.644. The van der Waals surface area contributed by atoms with Gasteiger partial charge in [-0.25, -0.2) is 0 Å². The lowest BCUT2D eigenvalue weighted by Gasteiger charge is -2.00. The Morgan fingerprint density at radius 1 is 1.09 bits per heavy atom. The van der Waals surface area contributed by atoms with Gasteiger partial charge >= 0.3 is 0 Å².